The fourth-order valence-electron chi connectivity index (χ4n) is 4.98. The molecule has 0 aromatic heterocycles. The van der Waals surface area contributed by atoms with Crippen molar-refractivity contribution in [3.05, 3.63) is 59.7 Å². The Kier molecular flexibility index (Phi) is 7.26. The SMILES string of the molecule is COc1cc(C[NH+]2CCC([NH+]3CC[NH+](C)CC3)CC2)ccc1OCc1ccccc1. The van der Waals surface area contributed by atoms with Crippen molar-refractivity contribution in [2.75, 3.05) is 53.4 Å². The van der Waals surface area contributed by atoms with Crippen LogP contribution in [0.3, 0.4) is 0 Å². The van der Waals surface area contributed by atoms with Gasteiger partial charge in [-0.25, -0.2) is 0 Å². The van der Waals surface area contributed by atoms with Crippen LogP contribution in [-0.4, -0.2) is 59.5 Å². The van der Waals surface area contributed by atoms with Crippen LogP contribution in [0.25, 0.3) is 0 Å². The van der Waals surface area contributed by atoms with E-state index < -0.39 is 0 Å². The molecular formula is C25H38N3O2+3. The van der Waals surface area contributed by atoms with Crippen molar-refractivity contribution in [2.45, 2.75) is 32.0 Å². The predicted octanol–water partition coefficient (Wildman–Crippen LogP) is -0.765. The minimum Gasteiger partial charge on any atom is -0.493 e. The van der Waals surface area contributed by atoms with Crippen LogP contribution < -0.4 is 24.2 Å². The lowest BCUT2D eigenvalue weighted by molar-refractivity contribution is -1.02. The summed E-state index contributed by atoms with van der Waals surface area (Å²) in [7, 11) is 4.06. The van der Waals surface area contributed by atoms with Crippen LogP contribution in [0.2, 0.25) is 0 Å². The van der Waals surface area contributed by atoms with Gasteiger partial charge in [0, 0.05) is 18.4 Å². The zero-order chi connectivity index (χ0) is 20.8. The Labute approximate surface area is 181 Å². The summed E-state index contributed by atoms with van der Waals surface area (Å²) in [5, 5.41) is 0. The Morgan fingerprint density at radius 3 is 2.27 bits per heavy atom. The van der Waals surface area contributed by atoms with Crippen molar-refractivity contribution < 1.29 is 24.2 Å². The lowest BCUT2D eigenvalue weighted by Crippen LogP contribution is -3.29. The maximum atomic E-state index is 6.01. The molecule has 0 saturated carbocycles. The van der Waals surface area contributed by atoms with Gasteiger partial charge in [-0.05, 0) is 23.8 Å². The van der Waals surface area contributed by atoms with E-state index in [9.17, 15) is 0 Å². The van der Waals surface area contributed by atoms with Crippen LogP contribution >= 0.6 is 0 Å². The number of piperazine rings is 1. The lowest BCUT2D eigenvalue weighted by Gasteiger charge is -2.37. The Morgan fingerprint density at radius 1 is 0.833 bits per heavy atom. The first-order chi connectivity index (χ1) is 14.7. The number of piperidine rings is 1. The standard InChI is InChI=1S/C25H35N3O2/c1-26-14-16-28(17-15-26)23-10-12-27(13-11-23)19-22-8-9-24(25(18-22)29-2)30-20-21-6-4-3-5-7-21/h3-9,18,23H,10-17,19-20H2,1-2H3/p+3. The molecule has 2 aliphatic rings. The first kappa shape index (κ1) is 21.2. The van der Waals surface area contributed by atoms with Gasteiger partial charge in [0.05, 0.1) is 33.3 Å². The predicted molar refractivity (Wildman–Crippen MR) is 119 cm³/mol. The molecule has 5 nitrogen and oxygen atoms in total. The molecule has 2 aromatic rings. The Hall–Kier alpha value is -2.08. The summed E-state index contributed by atoms with van der Waals surface area (Å²) in [6.07, 6.45) is 2.72. The van der Waals surface area contributed by atoms with E-state index in [1.165, 1.54) is 63.2 Å². The summed E-state index contributed by atoms with van der Waals surface area (Å²) in [6.45, 7) is 9.58. The van der Waals surface area contributed by atoms with Crippen molar-refractivity contribution in [3.63, 3.8) is 0 Å². The molecule has 0 amide bonds. The number of ether oxygens (including phenoxy) is 2. The molecule has 0 aliphatic carbocycles. The highest BCUT2D eigenvalue weighted by molar-refractivity contribution is 5.42. The minimum atomic E-state index is 0.561. The molecule has 5 heteroatoms. The second-order valence-electron chi connectivity index (χ2n) is 9.08. The fraction of sp³-hybridized carbons (Fsp3) is 0.520. The van der Waals surface area contributed by atoms with Crippen molar-refractivity contribution in [1.82, 2.24) is 0 Å². The molecule has 2 fully saturated rings. The van der Waals surface area contributed by atoms with Crippen LogP contribution in [0.5, 0.6) is 11.5 Å². The molecule has 4 rings (SSSR count). The monoisotopic (exact) mass is 412 g/mol. The van der Waals surface area contributed by atoms with E-state index in [0.717, 1.165) is 24.1 Å². The molecule has 3 N–H and O–H groups in total. The number of quaternary nitrogens is 3. The molecule has 0 atom stereocenters. The van der Waals surface area contributed by atoms with Gasteiger partial charge in [0.25, 0.3) is 0 Å². The van der Waals surface area contributed by atoms with Crippen LogP contribution in [0.4, 0.5) is 0 Å². The first-order valence-electron chi connectivity index (χ1n) is 11.5. The lowest BCUT2D eigenvalue weighted by atomic mass is 10.0. The Morgan fingerprint density at radius 2 is 1.57 bits per heavy atom. The molecule has 2 heterocycles. The summed E-state index contributed by atoms with van der Waals surface area (Å²) < 4.78 is 11.6. The number of methoxy groups -OCH3 is 1. The highest BCUT2D eigenvalue weighted by Crippen LogP contribution is 2.28. The van der Waals surface area contributed by atoms with E-state index in [2.05, 4.69) is 37.4 Å². The number of hydrogen-bond donors (Lipinski definition) is 3. The Bertz CT molecular complexity index is 782. The molecule has 30 heavy (non-hydrogen) atoms. The summed E-state index contributed by atoms with van der Waals surface area (Å²) in [6, 6.07) is 17.6. The second-order valence-corrected chi connectivity index (χ2v) is 9.08. The van der Waals surface area contributed by atoms with E-state index in [-0.39, 0.29) is 0 Å². The number of nitrogens with one attached hydrogen (secondary N) is 3. The minimum absolute atomic E-state index is 0.561. The van der Waals surface area contributed by atoms with Crippen LogP contribution in [0, 0.1) is 0 Å². The third-order valence-corrected chi connectivity index (χ3v) is 6.94. The average molecular weight is 413 g/mol. The fourth-order valence-corrected chi connectivity index (χ4v) is 4.98. The highest BCUT2D eigenvalue weighted by Gasteiger charge is 2.32. The molecule has 0 bridgehead atoms. The smallest absolute Gasteiger partial charge is 0.161 e. The maximum Gasteiger partial charge on any atom is 0.161 e. The molecule has 2 saturated heterocycles. The zero-order valence-electron chi connectivity index (χ0n) is 18.6. The largest absolute Gasteiger partial charge is 0.493 e. The molecule has 2 aliphatic heterocycles. The molecule has 0 unspecified atom stereocenters. The number of hydrogen-bond acceptors (Lipinski definition) is 2. The molecule has 162 valence electrons. The summed E-state index contributed by atoms with van der Waals surface area (Å²) in [4.78, 5) is 5.26. The van der Waals surface area contributed by atoms with Crippen LogP contribution in [0.15, 0.2) is 48.5 Å². The first-order valence-corrected chi connectivity index (χ1v) is 11.5. The van der Waals surface area contributed by atoms with E-state index in [4.69, 9.17) is 9.47 Å². The molecular weight excluding hydrogens is 374 g/mol. The van der Waals surface area contributed by atoms with Gasteiger partial charge in [-0.1, -0.05) is 30.3 Å². The number of benzene rings is 2. The number of likely N-dealkylation sites (N-methyl/N-ethyl adjacent to an activating group) is 1. The van der Waals surface area contributed by atoms with Gasteiger partial charge in [0.15, 0.2) is 11.5 Å². The highest BCUT2D eigenvalue weighted by atomic mass is 16.5. The zero-order valence-corrected chi connectivity index (χ0v) is 18.6. The van der Waals surface area contributed by atoms with Crippen LogP contribution in [-0.2, 0) is 13.2 Å². The third-order valence-electron chi connectivity index (χ3n) is 6.94. The summed E-state index contributed by atoms with van der Waals surface area (Å²) in [5.74, 6) is 1.65. The van der Waals surface area contributed by atoms with Gasteiger partial charge < -0.3 is 24.2 Å². The molecule has 2 aromatic carbocycles. The van der Waals surface area contributed by atoms with Crippen molar-refractivity contribution in [3.8, 4) is 11.5 Å². The maximum absolute atomic E-state index is 6.01. The van der Waals surface area contributed by atoms with Gasteiger partial charge in [0.2, 0.25) is 0 Å². The van der Waals surface area contributed by atoms with Crippen LogP contribution in [0.1, 0.15) is 24.0 Å². The van der Waals surface area contributed by atoms with Crippen molar-refractivity contribution >= 4 is 0 Å². The van der Waals surface area contributed by atoms with Gasteiger partial charge in [-0.2, -0.15) is 0 Å². The Balaban J connectivity index is 1.28. The average Bonchev–Trinajstić information content (AvgIpc) is 2.80. The quantitative estimate of drug-likeness (QED) is 0.558. The van der Waals surface area contributed by atoms with Gasteiger partial charge >= 0.3 is 0 Å². The second kappa shape index (κ2) is 10.3. The van der Waals surface area contributed by atoms with Crippen molar-refractivity contribution in [2.24, 2.45) is 0 Å². The molecule has 0 radical (unpaired) electrons. The summed E-state index contributed by atoms with van der Waals surface area (Å²) in [5.41, 5.74) is 2.50. The number of likely N-dealkylation sites (tertiary alicyclic amines) is 1. The van der Waals surface area contributed by atoms with Gasteiger partial charge in [-0.3, -0.25) is 0 Å². The van der Waals surface area contributed by atoms with Crippen molar-refractivity contribution in [1.29, 1.82) is 0 Å². The van der Waals surface area contributed by atoms with E-state index in [1.54, 1.807) is 16.9 Å². The topological polar surface area (TPSA) is 31.8 Å². The van der Waals surface area contributed by atoms with Gasteiger partial charge in [0.1, 0.15) is 39.3 Å². The van der Waals surface area contributed by atoms with E-state index in [1.807, 2.05) is 23.1 Å². The third kappa shape index (κ3) is 5.54. The van der Waals surface area contributed by atoms with E-state index in [0.29, 0.717) is 6.61 Å². The van der Waals surface area contributed by atoms with E-state index >= 15 is 0 Å². The molecule has 0 spiro atoms. The summed E-state index contributed by atoms with van der Waals surface area (Å²) >= 11 is 0. The normalized spacial score (nSPS) is 26.9. The van der Waals surface area contributed by atoms with Gasteiger partial charge in [-0.15, -0.1) is 0 Å². The number of rotatable bonds is 7.